The van der Waals surface area contributed by atoms with E-state index in [1.807, 2.05) is 0 Å². The van der Waals surface area contributed by atoms with Crippen LogP contribution in [0, 0.1) is 0 Å². The van der Waals surface area contributed by atoms with Crippen LogP contribution in [0.2, 0.25) is 0 Å². The van der Waals surface area contributed by atoms with E-state index in [4.69, 9.17) is 9.84 Å². The quantitative estimate of drug-likeness (QED) is 0.439. The molecule has 0 aromatic heterocycles. The first-order valence-corrected chi connectivity index (χ1v) is 6.73. The number of carbonyl (C=O) groups is 2. The molecule has 0 spiro atoms. The van der Waals surface area contributed by atoms with Crippen molar-refractivity contribution >= 4 is 11.8 Å². The Kier molecular flexibility index (Phi) is 4.45. The maximum atomic E-state index is 12.2. The van der Waals surface area contributed by atoms with Crippen LogP contribution in [0.1, 0.15) is 20.3 Å². The van der Waals surface area contributed by atoms with Gasteiger partial charge in [0.25, 0.3) is 11.8 Å². The highest BCUT2D eigenvalue weighted by Gasteiger charge is 2.51. The molecule has 8 heteroatoms. The summed E-state index contributed by atoms with van der Waals surface area (Å²) in [7, 11) is 0. The zero-order chi connectivity index (χ0) is 15.9. The summed E-state index contributed by atoms with van der Waals surface area (Å²) in [5.74, 6) is -1.20. The Hall–Kier alpha value is -1.32. The fourth-order valence-electron chi connectivity index (χ4n) is 2.65. The summed E-state index contributed by atoms with van der Waals surface area (Å²) in [5.41, 5.74) is 0.580. The lowest BCUT2D eigenvalue weighted by atomic mass is 9.97. The average Bonchev–Trinajstić information content (AvgIpc) is 2.68. The van der Waals surface area contributed by atoms with Crippen molar-refractivity contribution in [1.82, 2.24) is 4.90 Å². The van der Waals surface area contributed by atoms with Gasteiger partial charge in [0.1, 0.15) is 24.4 Å². The van der Waals surface area contributed by atoms with Gasteiger partial charge in [0.15, 0.2) is 6.23 Å². The van der Waals surface area contributed by atoms with Crippen LogP contribution in [-0.2, 0) is 14.3 Å². The number of hydrogen-bond donors (Lipinski definition) is 4. The van der Waals surface area contributed by atoms with Gasteiger partial charge in [0.05, 0.1) is 6.61 Å². The number of ether oxygens (including phenoxy) is 1. The van der Waals surface area contributed by atoms with E-state index in [1.165, 1.54) is 6.92 Å². The van der Waals surface area contributed by atoms with Crippen molar-refractivity contribution in [3.8, 4) is 0 Å². The normalized spacial score (nSPS) is 37.6. The molecule has 2 heterocycles. The van der Waals surface area contributed by atoms with Crippen molar-refractivity contribution in [3.63, 3.8) is 0 Å². The molecule has 0 saturated carbocycles. The standard InChI is InChI=1S/C13H19NO7/c1-3-6-5(2)11(19)14(12(6)20)13-10(18)9(17)8(16)7(4-15)21-13/h7-10,13,15-18H,3-4H2,1-2H3/t7-,8-,9+,10-,13-/m1/s1. The summed E-state index contributed by atoms with van der Waals surface area (Å²) in [4.78, 5) is 25.1. The lowest BCUT2D eigenvalue weighted by Crippen LogP contribution is -2.64. The van der Waals surface area contributed by atoms with Crippen molar-refractivity contribution in [1.29, 1.82) is 0 Å². The van der Waals surface area contributed by atoms with E-state index in [1.54, 1.807) is 6.92 Å². The SMILES string of the molecule is CCC1=C(C)C(=O)N([C@@H]2O[C@H](CO)[C@@H](O)[C@H](O)[C@H]2O)C1=O. The van der Waals surface area contributed by atoms with Crippen LogP contribution in [0.4, 0.5) is 0 Å². The Balaban J connectivity index is 2.30. The average molecular weight is 301 g/mol. The minimum absolute atomic E-state index is 0.263. The number of rotatable bonds is 3. The minimum Gasteiger partial charge on any atom is -0.394 e. The van der Waals surface area contributed by atoms with Crippen LogP contribution in [0.15, 0.2) is 11.1 Å². The number of nitrogens with zero attached hydrogens (tertiary/aromatic N) is 1. The number of amides is 2. The summed E-state index contributed by atoms with van der Waals surface area (Å²) in [6.45, 7) is 2.61. The Morgan fingerprint density at radius 2 is 1.71 bits per heavy atom. The fourth-order valence-corrected chi connectivity index (χ4v) is 2.65. The van der Waals surface area contributed by atoms with Crippen molar-refractivity contribution in [3.05, 3.63) is 11.1 Å². The molecule has 0 radical (unpaired) electrons. The highest BCUT2D eigenvalue weighted by atomic mass is 16.6. The number of hydrogen-bond acceptors (Lipinski definition) is 7. The van der Waals surface area contributed by atoms with Crippen molar-refractivity contribution in [2.24, 2.45) is 0 Å². The molecule has 2 aliphatic rings. The van der Waals surface area contributed by atoms with Gasteiger partial charge in [-0.25, -0.2) is 4.90 Å². The molecule has 118 valence electrons. The monoisotopic (exact) mass is 301 g/mol. The van der Waals surface area contributed by atoms with Gasteiger partial charge in [-0.15, -0.1) is 0 Å². The number of aliphatic hydroxyl groups excluding tert-OH is 4. The van der Waals surface area contributed by atoms with Crippen LogP contribution in [0.3, 0.4) is 0 Å². The molecule has 0 aromatic rings. The van der Waals surface area contributed by atoms with E-state index in [9.17, 15) is 24.9 Å². The second kappa shape index (κ2) is 5.82. The maximum Gasteiger partial charge on any atom is 0.259 e. The van der Waals surface area contributed by atoms with Crippen molar-refractivity contribution in [2.45, 2.75) is 50.9 Å². The molecule has 0 aromatic carbocycles. The second-order valence-corrected chi connectivity index (χ2v) is 5.16. The molecule has 4 N–H and O–H groups in total. The Morgan fingerprint density at radius 1 is 1.10 bits per heavy atom. The third-order valence-corrected chi connectivity index (χ3v) is 3.94. The minimum atomic E-state index is -1.65. The number of carbonyl (C=O) groups excluding carboxylic acids is 2. The number of imide groups is 1. The summed E-state index contributed by atoms with van der Waals surface area (Å²) < 4.78 is 5.24. The van der Waals surface area contributed by atoms with Crippen molar-refractivity contribution in [2.75, 3.05) is 6.61 Å². The first-order chi connectivity index (χ1) is 9.84. The second-order valence-electron chi connectivity index (χ2n) is 5.16. The van der Waals surface area contributed by atoms with Crippen LogP contribution in [0.25, 0.3) is 0 Å². The largest absolute Gasteiger partial charge is 0.394 e. The molecule has 8 nitrogen and oxygen atoms in total. The fraction of sp³-hybridized carbons (Fsp3) is 0.692. The van der Waals surface area contributed by atoms with Gasteiger partial charge in [-0.05, 0) is 13.3 Å². The van der Waals surface area contributed by atoms with Crippen LogP contribution in [0.5, 0.6) is 0 Å². The van der Waals surface area contributed by atoms with Gasteiger partial charge in [-0.2, -0.15) is 0 Å². The Morgan fingerprint density at radius 3 is 2.19 bits per heavy atom. The Labute approximate surface area is 121 Å². The first-order valence-electron chi connectivity index (χ1n) is 6.73. The number of aliphatic hydroxyl groups is 4. The molecular weight excluding hydrogens is 282 g/mol. The molecule has 2 aliphatic heterocycles. The summed E-state index contributed by atoms with van der Waals surface area (Å²) in [6.07, 6.45) is -7.08. The third-order valence-electron chi connectivity index (χ3n) is 3.94. The lowest BCUT2D eigenvalue weighted by molar-refractivity contribution is -0.257. The van der Waals surface area contributed by atoms with Gasteiger partial charge >= 0.3 is 0 Å². The molecule has 0 unspecified atom stereocenters. The van der Waals surface area contributed by atoms with Gasteiger partial charge < -0.3 is 25.2 Å². The summed E-state index contributed by atoms with van der Waals surface area (Å²) in [5, 5.41) is 38.6. The first kappa shape index (κ1) is 16.1. The molecule has 21 heavy (non-hydrogen) atoms. The van der Waals surface area contributed by atoms with Crippen LogP contribution in [-0.4, -0.2) is 74.4 Å². The summed E-state index contributed by atoms with van der Waals surface area (Å²) in [6, 6.07) is 0. The third kappa shape index (κ3) is 2.39. The van der Waals surface area contributed by atoms with Crippen LogP contribution >= 0.6 is 0 Å². The molecular formula is C13H19NO7. The zero-order valence-corrected chi connectivity index (χ0v) is 11.8. The Bertz CT molecular complexity index is 487. The molecule has 1 saturated heterocycles. The lowest BCUT2D eigenvalue weighted by Gasteiger charge is -2.42. The summed E-state index contributed by atoms with van der Waals surface area (Å²) >= 11 is 0. The maximum absolute atomic E-state index is 12.2. The van der Waals surface area contributed by atoms with Crippen LogP contribution < -0.4 is 0 Å². The molecule has 5 atom stereocenters. The highest BCUT2D eigenvalue weighted by Crippen LogP contribution is 2.30. The molecule has 0 aliphatic carbocycles. The topological polar surface area (TPSA) is 128 Å². The van der Waals surface area contributed by atoms with E-state index in [0.29, 0.717) is 12.0 Å². The van der Waals surface area contributed by atoms with Gasteiger partial charge in [-0.1, -0.05) is 6.92 Å². The highest BCUT2D eigenvalue weighted by molar-refractivity contribution is 6.19. The predicted octanol–water partition coefficient (Wildman–Crippen LogP) is -2.12. The molecule has 2 amide bonds. The zero-order valence-electron chi connectivity index (χ0n) is 11.8. The smallest absolute Gasteiger partial charge is 0.259 e. The molecule has 2 rings (SSSR count). The van der Waals surface area contributed by atoms with Crippen molar-refractivity contribution < 1.29 is 34.8 Å². The van der Waals surface area contributed by atoms with E-state index < -0.39 is 49.1 Å². The van der Waals surface area contributed by atoms with E-state index in [0.717, 1.165) is 4.90 Å². The molecule has 0 bridgehead atoms. The van der Waals surface area contributed by atoms with E-state index in [2.05, 4.69) is 0 Å². The van der Waals surface area contributed by atoms with Gasteiger partial charge in [0.2, 0.25) is 0 Å². The van der Waals surface area contributed by atoms with Gasteiger partial charge in [-0.3, -0.25) is 9.59 Å². The molecule has 1 fully saturated rings. The van der Waals surface area contributed by atoms with Gasteiger partial charge in [0, 0.05) is 11.1 Å². The van der Waals surface area contributed by atoms with E-state index in [-0.39, 0.29) is 5.57 Å². The predicted molar refractivity (Wildman–Crippen MR) is 68.6 cm³/mol. The van der Waals surface area contributed by atoms with E-state index >= 15 is 0 Å².